The van der Waals surface area contributed by atoms with E-state index in [-0.39, 0.29) is 0 Å². The molecule has 0 fully saturated rings. The summed E-state index contributed by atoms with van der Waals surface area (Å²) < 4.78 is 6.22. The molecule has 11 aromatic rings. The van der Waals surface area contributed by atoms with Crippen molar-refractivity contribution in [2.45, 2.75) is 0 Å². The highest BCUT2D eigenvalue weighted by Crippen LogP contribution is 2.40. The highest BCUT2D eigenvalue weighted by Gasteiger charge is 2.20. The third-order valence-corrected chi connectivity index (χ3v) is 10.2. The fourth-order valence-electron chi connectivity index (χ4n) is 7.81. The van der Waals surface area contributed by atoms with Gasteiger partial charge >= 0.3 is 0 Å². The highest BCUT2D eigenvalue weighted by molar-refractivity contribution is 6.23. The zero-order chi connectivity index (χ0) is 34.9. The molecule has 11 rings (SSSR count). The molecule has 6 heteroatoms. The van der Waals surface area contributed by atoms with Crippen LogP contribution in [0.25, 0.3) is 110 Å². The number of hydrogen-bond acceptors (Lipinski definition) is 6. The molecule has 6 nitrogen and oxygen atoms in total. The maximum Gasteiger partial charge on any atom is 0.166 e. The number of rotatable bonds is 4. The Bertz CT molecular complexity index is 3240. The molecule has 0 unspecified atom stereocenters. The van der Waals surface area contributed by atoms with Crippen molar-refractivity contribution < 1.29 is 4.42 Å². The summed E-state index contributed by atoms with van der Waals surface area (Å²) in [6.07, 6.45) is 5.45. The van der Waals surface area contributed by atoms with E-state index in [0.717, 1.165) is 76.6 Å². The average molecular weight is 678 g/mol. The van der Waals surface area contributed by atoms with Crippen LogP contribution < -0.4 is 0 Å². The van der Waals surface area contributed by atoms with Crippen LogP contribution in [0.1, 0.15) is 0 Å². The summed E-state index contributed by atoms with van der Waals surface area (Å²) >= 11 is 0. The van der Waals surface area contributed by atoms with Crippen LogP contribution >= 0.6 is 0 Å². The lowest BCUT2D eigenvalue weighted by Crippen LogP contribution is -2.01. The van der Waals surface area contributed by atoms with Crippen molar-refractivity contribution in [1.29, 1.82) is 0 Å². The van der Waals surface area contributed by atoms with Gasteiger partial charge in [0, 0.05) is 50.6 Å². The van der Waals surface area contributed by atoms with Gasteiger partial charge < -0.3 is 4.42 Å². The van der Waals surface area contributed by atoms with Crippen LogP contribution in [0, 0.1) is 0 Å². The van der Waals surface area contributed by atoms with E-state index < -0.39 is 0 Å². The van der Waals surface area contributed by atoms with Crippen molar-refractivity contribution in [2.24, 2.45) is 0 Å². The number of pyridine rings is 2. The molecule has 0 atom stereocenters. The lowest BCUT2D eigenvalue weighted by Gasteiger charge is -2.14. The summed E-state index contributed by atoms with van der Waals surface area (Å²) in [4.78, 5) is 25.0. The first-order valence-corrected chi connectivity index (χ1v) is 17.6. The molecule has 4 aromatic heterocycles. The average Bonchev–Trinajstić information content (AvgIpc) is 3.62. The zero-order valence-electron chi connectivity index (χ0n) is 28.2. The van der Waals surface area contributed by atoms with Gasteiger partial charge in [0.25, 0.3) is 0 Å². The lowest BCUT2D eigenvalue weighted by atomic mass is 9.91. The molecule has 0 saturated heterocycles. The van der Waals surface area contributed by atoms with Crippen molar-refractivity contribution in [2.75, 3.05) is 0 Å². The molecule has 53 heavy (non-hydrogen) atoms. The van der Waals surface area contributed by atoms with Crippen molar-refractivity contribution in [3.8, 4) is 45.3 Å². The minimum atomic E-state index is 0.529. The second kappa shape index (κ2) is 11.6. The van der Waals surface area contributed by atoms with E-state index >= 15 is 0 Å². The zero-order valence-corrected chi connectivity index (χ0v) is 28.2. The van der Waals surface area contributed by atoms with E-state index in [2.05, 4.69) is 114 Å². The molecule has 246 valence electrons. The van der Waals surface area contributed by atoms with Crippen LogP contribution in [0.2, 0.25) is 0 Å². The summed E-state index contributed by atoms with van der Waals surface area (Å²) in [5.41, 5.74) is 7.25. The van der Waals surface area contributed by atoms with Gasteiger partial charge in [0.1, 0.15) is 5.58 Å². The lowest BCUT2D eigenvalue weighted by molar-refractivity contribution is 0.667. The number of aromatic nitrogens is 5. The van der Waals surface area contributed by atoms with Gasteiger partial charge in [-0.25, -0.2) is 15.0 Å². The number of hydrogen-bond donors (Lipinski definition) is 0. The van der Waals surface area contributed by atoms with E-state index in [1.165, 1.54) is 10.8 Å². The quantitative estimate of drug-likeness (QED) is 0.173. The Balaban J connectivity index is 1.16. The maximum absolute atomic E-state index is 6.22. The Kier molecular flexibility index (Phi) is 6.45. The Hall–Kier alpha value is -7.31. The first-order chi connectivity index (χ1) is 26.3. The standard InChI is InChI=1S/C47H27N5O/c1-3-16-33-28(10-1)12-8-19-36(33)46-50-45(51-47(52-46)39-26-48-27-41-42(39)37-18-5-6-20-40(37)53-41)32-14-7-13-30(24-32)38-25-31-15-9-23-49-44(31)43-34-17-4-2-11-29(34)21-22-35(38)43/h1-27H. The Morgan fingerprint density at radius 2 is 1.09 bits per heavy atom. The molecule has 4 heterocycles. The van der Waals surface area contributed by atoms with Gasteiger partial charge in [-0.05, 0) is 62.3 Å². The first kappa shape index (κ1) is 29.4. The predicted octanol–water partition coefficient (Wildman–Crippen LogP) is 11.8. The van der Waals surface area contributed by atoms with Crippen LogP contribution in [0.5, 0.6) is 0 Å². The van der Waals surface area contributed by atoms with E-state index in [0.29, 0.717) is 23.1 Å². The monoisotopic (exact) mass is 677 g/mol. The number of benzene rings is 7. The Labute approximate surface area is 303 Å². The highest BCUT2D eigenvalue weighted by atomic mass is 16.3. The van der Waals surface area contributed by atoms with Gasteiger partial charge in [-0.3, -0.25) is 9.97 Å². The second-order valence-corrected chi connectivity index (χ2v) is 13.3. The molecule has 0 amide bonds. The van der Waals surface area contributed by atoms with E-state index in [4.69, 9.17) is 24.4 Å². The number of nitrogens with zero attached hydrogens (tertiary/aromatic N) is 5. The Morgan fingerprint density at radius 1 is 0.396 bits per heavy atom. The first-order valence-electron chi connectivity index (χ1n) is 17.6. The van der Waals surface area contributed by atoms with Gasteiger partial charge in [0.15, 0.2) is 23.1 Å². The summed E-state index contributed by atoms with van der Waals surface area (Å²) in [5.74, 6) is 1.69. The van der Waals surface area contributed by atoms with E-state index in [1.54, 1.807) is 6.20 Å². The molecule has 0 spiro atoms. The second-order valence-electron chi connectivity index (χ2n) is 13.3. The molecular formula is C47H27N5O. The van der Waals surface area contributed by atoms with Crippen molar-refractivity contribution >= 4 is 65.2 Å². The van der Waals surface area contributed by atoms with Crippen molar-refractivity contribution in [1.82, 2.24) is 24.9 Å². The van der Waals surface area contributed by atoms with Crippen LogP contribution in [0.4, 0.5) is 0 Å². The fraction of sp³-hybridized carbons (Fsp3) is 0. The number of furan rings is 1. The molecule has 0 N–H and O–H groups in total. The Morgan fingerprint density at radius 3 is 2.00 bits per heavy atom. The number of fused-ring (bicyclic) bond motifs is 9. The van der Waals surface area contributed by atoms with Crippen molar-refractivity contribution in [3.63, 3.8) is 0 Å². The minimum Gasteiger partial charge on any atom is -0.454 e. The molecule has 0 aliphatic rings. The minimum absolute atomic E-state index is 0.529. The number of para-hydroxylation sites is 1. The van der Waals surface area contributed by atoms with E-state index in [1.807, 2.05) is 48.8 Å². The molecule has 0 aliphatic carbocycles. The molecular weight excluding hydrogens is 651 g/mol. The molecule has 0 bridgehead atoms. The maximum atomic E-state index is 6.22. The van der Waals surface area contributed by atoms with Gasteiger partial charge in [0.2, 0.25) is 0 Å². The van der Waals surface area contributed by atoms with Crippen LogP contribution in [-0.4, -0.2) is 24.9 Å². The molecule has 0 radical (unpaired) electrons. The molecule has 7 aromatic carbocycles. The van der Waals surface area contributed by atoms with Crippen LogP contribution in [0.15, 0.2) is 169 Å². The van der Waals surface area contributed by atoms with Gasteiger partial charge in [-0.2, -0.15) is 0 Å². The van der Waals surface area contributed by atoms with Gasteiger partial charge in [-0.1, -0.05) is 121 Å². The summed E-state index contributed by atoms with van der Waals surface area (Å²) in [6.45, 7) is 0. The smallest absolute Gasteiger partial charge is 0.166 e. The molecule has 0 aliphatic heterocycles. The van der Waals surface area contributed by atoms with Crippen molar-refractivity contribution in [3.05, 3.63) is 164 Å². The van der Waals surface area contributed by atoms with Crippen LogP contribution in [0.3, 0.4) is 0 Å². The third-order valence-electron chi connectivity index (χ3n) is 10.2. The van der Waals surface area contributed by atoms with Gasteiger partial charge in [0.05, 0.1) is 11.7 Å². The summed E-state index contributed by atoms with van der Waals surface area (Å²) in [7, 11) is 0. The largest absolute Gasteiger partial charge is 0.454 e. The topological polar surface area (TPSA) is 77.6 Å². The van der Waals surface area contributed by atoms with E-state index in [9.17, 15) is 0 Å². The summed E-state index contributed by atoms with van der Waals surface area (Å²) in [5, 5.41) is 9.85. The summed E-state index contributed by atoms with van der Waals surface area (Å²) in [6, 6.07) is 50.4. The van der Waals surface area contributed by atoms with Crippen LogP contribution in [-0.2, 0) is 0 Å². The third kappa shape index (κ3) is 4.70. The molecule has 0 saturated carbocycles. The van der Waals surface area contributed by atoms with Gasteiger partial charge in [-0.15, -0.1) is 0 Å². The fourth-order valence-corrected chi connectivity index (χ4v) is 7.81. The SMILES string of the molecule is c1cc(-c2nc(-c3cccc4ccccc34)nc(-c3cncc4oc5ccccc5c34)n2)cc(-c2cc3cccnc3c3c2ccc2ccccc23)c1. The predicted molar refractivity (Wildman–Crippen MR) is 214 cm³/mol. The normalized spacial score (nSPS) is 11.8.